The Morgan fingerprint density at radius 2 is 1.88 bits per heavy atom. The molecule has 2 aromatic rings. The largest absolute Gasteiger partial charge is 0.383 e. The summed E-state index contributed by atoms with van der Waals surface area (Å²) in [6.45, 7) is 0.880. The third-order valence-corrected chi connectivity index (χ3v) is 4.18. The van der Waals surface area contributed by atoms with Gasteiger partial charge in [-0.15, -0.1) is 0 Å². The van der Waals surface area contributed by atoms with Crippen molar-refractivity contribution in [1.29, 1.82) is 0 Å². The van der Waals surface area contributed by atoms with Crippen LogP contribution in [0.15, 0.2) is 36.4 Å². The highest BCUT2D eigenvalue weighted by atomic mass is 19.1. The number of carbonyl (C=O) groups is 2. The molecule has 1 N–H and O–H groups in total. The van der Waals surface area contributed by atoms with Crippen molar-refractivity contribution in [1.82, 2.24) is 0 Å². The third kappa shape index (κ3) is 3.88. The van der Waals surface area contributed by atoms with Crippen LogP contribution >= 0.6 is 0 Å². The van der Waals surface area contributed by atoms with E-state index in [1.807, 2.05) is 0 Å². The molecule has 0 aromatic heterocycles. The molecule has 0 unspecified atom stereocenters. The van der Waals surface area contributed by atoms with Crippen LogP contribution in [0.3, 0.4) is 0 Å². The molecule has 0 saturated carbocycles. The van der Waals surface area contributed by atoms with Gasteiger partial charge in [0.1, 0.15) is 11.6 Å². The molecule has 5 nitrogen and oxygen atoms in total. The van der Waals surface area contributed by atoms with Gasteiger partial charge >= 0.3 is 0 Å². The standard InChI is InChI=1S/C19H18F2N2O3/c1-26-7-6-23-17-4-3-16(10-12(17)2-5-18(23)24)22-19(25)13-8-14(20)11-15(21)9-13/h3-4,8-11H,2,5-7H2,1H3,(H,22,25). The highest BCUT2D eigenvalue weighted by molar-refractivity contribution is 6.04. The minimum atomic E-state index is -0.812. The van der Waals surface area contributed by atoms with E-state index in [4.69, 9.17) is 4.74 Å². The fraction of sp³-hybridized carbons (Fsp3) is 0.263. The number of ether oxygens (including phenoxy) is 1. The minimum Gasteiger partial charge on any atom is -0.383 e. The number of hydrogen-bond donors (Lipinski definition) is 1. The van der Waals surface area contributed by atoms with Gasteiger partial charge < -0.3 is 15.0 Å². The van der Waals surface area contributed by atoms with Crippen molar-refractivity contribution in [3.8, 4) is 0 Å². The van der Waals surface area contributed by atoms with Crippen molar-refractivity contribution in [2.75, 3.05) is 30.5 Å². The lowest BCUT2D eigenvalue weighted by atomic mass is 10.0. The van der Waals surface area contributed by atoms with Crippen molar-refractivity contribution < 1.29 is 23.1 Å². The molecule has 0 fully saturated rings. The minimum absolute atomic E-state index is 0.0292. The van der Waals surface area contributed by atoms with Gasteiger partial charge in [-0.1, -0.05) is 0 Å². The normalized spacial score (nSPS) is 13.5. The summed E-state index contributed by atoms with van der Waals surface area (Å²) in [6.07, 6.45) is 0.944. The monoisotopic (exact) mass is 360 g/mol. The van der Waals surface area contributed by atoms with E-state index in [2.05, 4.69) is 5.32 Å². The average molecular weight is 360 g/mol. The molecule has 0 spiro atoms. The number of methoxy groups -OCH3 is 1. The number of amides is 2. The Labute approximate surface area is 149 Å². The summed E-state index contributed by atoms with van der Waals surface area (Å²) in [5, 5.41) is 2.63. The molecule has 1 heterocycles. The molecular weight excluding hydrogens is 342 g/mol. The van der Waals surface area contributed by atoms with Crippen LogP contribution < -0.4 is 10.2 Å². The van der Waals surface area contributed by atoms with Gasteiger partial charge in [-0.2, -0.15) is 0 Å². The lowest BCUT2D eigenvalue weighted by molar-refractivity contribution is -0.119. The second kappa shape index (κ2) is 7.61. The molecule has 0 atom stereocenters. The van der Waals surface area contributed by atoms with Gasteiger partial charge in [0, 0.05) is 43.1 Å². The van der Waals surface area contributed by atoms with Crippen LogP contribution in [-0.4, -0.2) is 32.1 Å². The second-order valence-corrected chi connectivity index (χ2v) is 5.99. The number of rotatable bonds is 5. The Kier molecular flexibility index (Phi) is 5.27. The van der Waals surface area contributed by atoms with Crippen LogP contribution in [0.4, 0.5) is 20.2 Å². The molecule has 26 heavy (non-hydrogen) atoms. The number of benzene rings is 2. The van der Waals surface area contributed by atoms with E-state index in [9.17, 15) is 18.4 Å². The SMILES string of the molecule is COCCN1C(=O)CCc2cc(NC(=O)c3cc(F)cc(F)c3)ccc21. The zero-order valence-corrected chi connectivity index (χ0v) is 14.2. The lowest BCUT2D eigenvalue weighted by Gasteiger charge is -2.29. The lowest BCUT2D eigenvalue weighted by Crippen LogP contribution is -2.37. The van der Waals surface area contributed by atoms with Crippen molar-refractivity contribution in [2.45, 2.75) is 12.8 Å². The van der Waals surface area contributed by atoms with Crippen LogP contribution in [-0.2, 0) is 16.0 Å². The number of anilines is 2. The number of nitrogens with one attached hydrogen (secondary N) is 1. The first kappa shape index (κ1) is 18.0. The fourth-order valence-corrected chi connectivity index (χ4v) is 2.95. The first-order valence-corrected chi connectivity index (χ1v) is 8.17. The smallest absolute Gasteiger partial charge is 0.255 e. The Morgan fingerprint density at radius 1 is 1.15 bits per heavy atom. The molecule has 136 valence electrons. The van der Waals surface area contributed by atoms with E-state index in [1.165, 1.54) is 0 Å². The van der Waals surface area contributed by atoms with Crippen LogP contribution in [0.25, 0.3) is 0 Å². The summed E-state index contributed by atoms with van der Waals surface area (Å²) in [7, 11) is 1.57. The molecule has 7 heteroatoms. The number of carbonyl (C=O) groups excluding carboxylic acids is 2. The Bertz CT molecular complexity index is 834. The maximum Gasteiger partial charge on any atom is 0.255 e. The number of halogens is 2. The molecule has 2 amide bonds. The number of aryl methyl sites for hydroxylation is 1. The summed E-state index contributed by atoms with van der Waals surface area (Å²) < 4.78 is 31.6. The highest BCUT2D eigenvalue weighted by Gasteiger charge is 2.24. The molecule has 2 aromatic carbocycles. The van der Waals surface area contributed by atoms with Crippen LogP contribution in [0.5, 0.6) is 0 Å². The van der Waals surface area contributed by atoms with E-state index >= 15 is 0 Å². The summed E-state index contributed by atoms with van der Waals surface area (Å²) >= 11 is 0. The number of nitrogens with zero attached hydrogens (tertiary/aromatic N) is 1. The molecule has 0 saturated heterocycles. The quantitative estimate of drug-likeness (QED) is 0.891. The van der Waals surface area contributed by atoms with Gasteiger partial charge in [-0.25, -0.2) is 8.78 Å². The molecule has 1 aliphatic rings. The van der Waals surface area contributed by atoms with Crippen molar-refractivity contribution >= 4 is 23.2 Å². The van der Waals surface area contributed by atoms with Crippen LogP contribution in [0.1, 0.15) is 22.3 Å². The Morgan fingerprint density at radius 3 is 2.58 bits per heavy atom. The van der Waals surface area contributed by atoms with E-state index in [0.29, 0.717) is 37.7 Å². The van der Waals surface area contributed by atoms with Gasteiger partial charge in [0.15, 0.2) is 0 Å². The van der Waals surface area contributed by atoms with Gasteiger partial charge in [-0.05, 0) is 42.3 Å². The second-order valence-electron chi connectivity index (χ2n) is 5.99. The maximum absolute atomic E-state index is 13.3. The van der Waals surface area contributed by atoms with E-state index in [0.717, 1.165) is 23.4 Å². The average Bonchev–Trinajstić information content (AvgIpc) is 2.60. The topological polar surface area (TPSA) is 58.6 Å². The van der Waals surface area contributed by atoms with Crippen LogP contribution in [0.2, 0.25) is 0 Å². The van der Waals surface area contributed by atoms with E-state index in [-0.39, 0.29) is 11.5 Å². The predicted octanol–water partition coefficient (Wildman–Crippen LogP) is 3.14. The van der Waals surface area contributed by atoms with Gasteiger partial charge in [0.05, 0.1) is 6.61 Å². The molecule has 1 aliphatic heterocycles. The van der Waals surface area contributed by atoms with Crippen LogP contribution in [0, 0.1) is 11.6 Å². The summed E-state index contributed by atoms with van der Waals surface area (Å²) in [4.78, 5) is 26.0. The van der Waals surface area contributed by atoms with Crippen molar-refractivity contribution in [2.24, 2.45) is 0 Å². The summed E-state index contributed by atoms with van der Waals surface area (Å²) in [6, 6.07) is 7.84. The molecule has 0 radical (unpaired) electrons. The molecule has 0 bridgehead atoms. The maximum atomic E-state index is 13.3. The fourth-order valence-electron chi connectivity index (χ4n) is 2.95. The van der Waals surface area contributed by atoms with Gasteiger partial charge in [-0.3, -0.25) is 9.59 Å². The Hall–Kier alpha value is -2.80. The van der Waals surface area contributed by atoms with E-state index < -0.39 is 17.5 Å². The predicted molar refractivity (Wildman–Crippen MR) is 93.3 cm³/mol. The summed E-state index contributed by atoms with van der Waals surface area (Å²) in [5.74, 6) is -2.20. The van der Waals surface area contributed by atoms with Crippen molar-refractivity contribution in [3.63, 3.8) is 0 Å². The first-order valence-electron chi connectivity index (χ1n) is 8.17. The van der Waals surface area contributed by atoms with Gasteiger partial charge in [0.2, 0.25) is 5.91 Å². The molecular formula is C19H18F2N2O3. The van der Waals surface area contributed by atoms with E-state index in [1.54, 1.807) is 30.2 Å². The Balaban J connectivity index is 1.80. The highest BCUT2D eigenvalue weighted by Crippen LogP contribution is 2.30. The summed E-state index contributed by atoms with van der Waals surface area (Å²) in [5.41, 5.74) is 2.11. The third-order valence-electron chi connectivity index (χ3n) is 4.18. The zero-order chi connectivity index (χ0) is 18.7. The molecule has 3 rings (SSSR count). The van der Waals surface area contributed by atoms with Gasteiger partial charge in [0.25, 0.3) is 5.91 Å². The first-order chi connectivity index (χ1) is 12.5. The number of fused-ring (bicyclic) bond motifs is 1. The van der Waals surface area contributed by atoms with Crippen molar-refractivity contribution in [3.05, 3.63) is 59.2 Å². The molecule has 0 aliphatic carbocycles. The number of hydrogen-bond acceptors (Lipinski definition) is 3. The zero-order valence-electron chi connectivity index (χ0n) is 14.2.